The third kappa shape index (κ3) is 3.58. The van der Waals surface area contributed by atoms with Gasteiger partial charge in [-0.2, -0.15) is 0 Å². The van der Waals surface area contributed by atoms with Crippen LogP contribution >= 0.6 is 0 Å². The molecule has 1 amide bonds. The van der Waals surface area contributed by atoms with Crippen molar-refractivity contribution in [2.75, 3.05) is 39.8 Å². The maximum absolute atomic E-state index is 12.0. The van der Waals surface area contributed by atoms with E-state index in [1.807, 2.05) is 0 Å². The summed E-state index contributed by atoms with van der Waals surface area (Å²) in [7, 11) is 2.20. The van der Waals surface area contributed by atoms with E-state index in [0.29, 0.717) is 12.0 Å². The van der Waals surface area contributed by atoms with Crippen molar-refractivity contribution in [2.45, 2.75) is 51.1 Å². The molecular weight excluding hydrogens is 264 g/mol. The first-order valence-electron chi connectivity index (χ1n) is 8.47. The molecule has 1 aliphatic heterocycles. The van der Waals surface area contributed by atoms with Crippen LogP contribution in [0.5, 0.6) is 0 Å². The Labute approximate surface area is 129 Å². The van der Waals surface area contributed by atoms with Crippen LogP contribution in [0.25, 0.3) is 0 Å². The van der Waals surface area contributed by atoms with Gasteiger partial charge < -0.3 is 20.9 Å². The number of amides is 1. The summed E-state index contributed by atoms with van der Waals surface area (Å²) in [4.78, 5) is 17.0. The number of carbonyl (C=O) groups is 1. The number of nitrogens with zero attached hydrogens (tertiary/aromatic N) is 2. The molecule has 3 atom stereocenters. The average molecular weight is 296 g/mol. The summed E-state index contributed by atoms with van der Waals surface area (Å²) >= 11 is 0. The van der Waals surface area contributed by atoms with E-state index in [-0.39, 0.29) is 5.91 Å². The number of rotatable bonds is 6. The second kappa shape index (κ2) is 7.07. The van der Waals surface area contributed by atoms with E-state index in [2.05, 4.69) is 36.0 Å². The van der Waals surface area contributed by atoms with Gasteiger partial charge in [-0.3, -0.25) is 4.79 Å². The highest BCUT2D eigenvalue weighted by Gasteiger charge is 2.46. The van der Waals surface area contributed by atoms with Gasteiger partial charge in [0, 0.05) is 25.7 Å². The summed E-state index contributed by atoms with van der Waals surface area (Å²) in [5.74, 6) is 0.239. The summed E-state index contributed by atoms with van der Waals surface area (Å²) < 4.78 is 0. The molecule has 0 radical (unpaired) electrons. The van der Waals surface area contributed by atoms with Crippen LogP contribution in [0.15, 0.2) is 0 Å². The number of hydrogen-bond acceptors (Lipinski definition) is 4. The molecule has 5 heteroatoms. The lowest BCUT2D eigenvalue weighted by Crippen LogP contribution is -2.58. The van der Waals surface area contributed by atoms with Crippen molar-refractivity contribution in [3.05, 3.63) is 0 Å². The van der Waals surface area contributed by atoms with Crippen molar-refractivity contribution in [3.8, 4) is 0 Å². The molecule has 3 N–H and O–H groups in total. The maximum atomic E-state index is 12.0. The van der Waals surface area contributed by atoms with Crippen LogP contribution in [0, 0.1) is 5.92 Å². The smallest absolute Gasteiger partial charge is 0.238 e. The Morgan fingerprint density at radius 2 is 2.19 bits per heavy atom. The van der Waals surface area contributed by atoms with Crippen molar-refractivity contribution < 1.29 is 4.79 Å². The molecular formula is C16H32N4O. The molecule has 0 aromatic heterocycles. The van der Waals surface area contributed by atoms with E-state index >= 15 is 0 Å². The number of primary amides is 1. The molecule has 0 bridgehead atoms. The highest BCUT2D eigenvalue weighted by atomic mass is 16.1. The summed E-state index contributed by atoms with van der Waals surface area (Å²) in [6, 6.07) is 0.622. The molecule has 2 aliphatic rings. The zero-order valence-corrected chi connectivity index (χ0v) is 13.9. The first kappa shape index (κ1) is 16.7. The number of nitrogens with two attached hydrogens (primary N) is 1. The quantitative estimate of drug-likeness (QED) is 0.755. The molecule has 1 aliphatic carbocycles. The number of piperazine rings is 1. The third-order valence-electron chi connectivity index (χ3n) is 5.59. The van der Waals surface area contributed by atoms with Gasteiger partial charge in [-0.1, -0.05) is 13.3 Å². The van der Waals surface area contributed by atoms with E-state index in [1.165, 1.54) is 0 Å². The number of carbonyl (C=O) groups excluding carboxylic acids is 1. The second-order valence-corrected chi connectivity index (χ2v) is 6.87. The Hall–Kier alpha value is -0.650. The highest BCUT2D eigenvalue weighted by Crippen LogP contribution is 2.38. The van der Waals surface area contributed by atoms with Crippen molar-refractivity contribution in [3.63, 3.8) is 0 Å². The van der Waals surface area contributed by atoms with Crippen molar-refractivity contribution in [1.29, 1.82) is 0 Å². The molecule has 21 heavy (non-hydrogen) atoms. The Kier molecular flexibility index (Phi) is 5.63. The van der Waals surface area contributed by atoms with Crippen LogP contribution in [0.1, 0.15) is 39.5 Å². The van der Waals surface area contributed by atoms with Gasteiger partial charge in [0.15, 0.2) is 0 Å². The fourth-order valence-corrected chi connectivity index (χ4v) is 4.09. The summed E-state index contributed by atoms with van der Waals surface area (Å²) in [6.07, 6.45) is 4.21. The van der Waals surface area contributed by atoms with E-state index in [4.69, 9.17) is 5.73 Å². The van der Waals surface area contributed by atoms with Gasteiger partial charge in [-0.15, -0.1) is 0 Å². The van der Waals surface area contributed by atoms with Crippen molar-refractivity contribution in [1.82, 2.24) is 15.1 Å². The van der Waals surface area contributed by atoms with E-state index in [9.17, 15) is 4.79 Å². The van der Waals surface area contributed by atoms with Gasteiger partial charge in [-0.05, 0) is 52.2 Å². The van der Waals surface area contributed by atoms with E-state index in [0.717, 1.165) is 58.4 Å². The predicted molar refractivity (Wildman–Crippen MR) is 86.1 cm³/mol. The minimum Gasteiger partial charge on any atom is -0.368 e. The Bertz CT molecular complexity index is 362. The largest absolute Gasteiger partial charge is 0.368 e. The standard InChI is InChI=1S/C16H32N4O/c1-4-18-16(15(17)21)8-5-6-14(16)7-9-20-11-10-19(3)13(2)12-20/h13-14,18H,4-12H2,1-3H3,(H2,17,21). The lowest BCUT2D eigenvalue weighted by molar-refractivity contribution is -0.126. The van der Waals surface area contributed by atoms with Gasteiger partial charge in [0.05, 0.1) is 0 Å². The van der Waals surface area contributed by atoms with Gasteiger partial charge in [0.1, 0.15) is 5.54 Å². The molecule has 122 valence electrons. The minimum absolute atomic E-state index is 0.154. The summed E-state index contributed by atoms with van der Waals surface area (Å²) in [6.45, 7) is 9.65. The normalized spacial score (nSPS) is 35.2. The van der Waals surface area contributed by atoms with Crippen LogP contribution < -0.4 is 11.1 Å². The van der Waals surface area contributed by atoms with Crippen LogP contribution in [0.4, 0.5) is 0 Å². The van der Waals surface area contributed by atoms with Crippen molar-refractivity contribution in [2.24, 2.45) is 11.7 Å². The topological polar surface area (TPSA) is 61.6 Å². The van der Waals surface area contributed by atoms with Crippen molar-refractivity contribution >= 4 is 5.91 Å². The molecule has 1 saturated carbocycles. The monoisotopic (exact) mass is 296 g/mol. The van der Waals surface area contributed by atoms with Crippen LogP contribution in [-0.4, -0.2) is 67.1 Å². The number of likely N-dealkylation sites (N-methyl/N-ethyl adjacent to an activating group) is 2. The SMILES string of the molecule is CCNC1(C(N)=O)CCCC1CCN1CCN(C)C(C)C1. The van der Waals surface area contributed by atoms with Gasteiger partial charge in [-0.25, -0.2) is 0 Å². The summed E-state index contributed by atoms with van der Waals surface area (Å²) in [5, 5.41) is 3.41. The van der Waals surface area contributed by atoms with E-state index in [1.54, 1.807) is 0 Å². The molecule has 1 saturated heterocycles. The van der Waals surface area contributed by atoms with Crippen LogP contribution in [0.3, 0.4) is 0 Å². The average Bonchev–Trinajstić information content (AvgIpc) is 2.85. The molecule has 3 unspecified atom stereocenters. The first-order valence-corrected chi connectivity index (χ1v) is 8.47. The fraction of sp³-hybridized carbons (Fsp3) is 0.938. The zero-order valence-electron chi connectivity index (χ0n) is 13.9. The number of hydrogen-bond donors (Lipinski definition) is 2. The fourth-order valence-electron chi connectivity index (χ4n) is 4.09. The zero-order chi connectivity index (χ0) is 15.5. The maximum Gasteiger partial charge on any atom is 0.238 e. The predicted octanol–water partition coefficient (Wildman–Crippen LogP) is 0.646. The lowest BCUT2D eigenvalue weighted by Gasteiger charge is -2.39. The minimum atomic E-state index is -0.451. The molecule has 1 heterocycles. The molecule has 0 aromatic rings. The molecule has 2 rings (SSSR count). The Balaban J connectivity index is 1.91. The third-order valence-corrected chi connectivity index (χ3v) is 5.59. The van der Waals surface area contributed by atoms with Gasteiger partial charge in [0.25, 0.3) is 0 Å². The molecule has 0 spiro atoms. The number of nitrogens with one attached hydrogen (secondary N) is 1. The molecule has 2 fully saturated rings. The molecule has 0 aromatic carbocycles. The van der Waals surface area contributed by atoms with E-state index < -0.39 is 5.54 Å². The Morgan fingerprint density at radius 3 is 2.81 bits per heavy atom. The second-order valence-electron chi connectivity index (χ2n) is 6.87. The first-order chi connectivity index (χ1) is 9.99. The highest BCUT2D eigenvalue weighted by molar-refractivity contribution is 5.85. The summed E-state index contributed by atoms with van der Waals surface area (Å²) in [5.41, 5.74) is 5.29. The van der Waals surface area contributed by atoms with Gasteiger partial charge in [0.2, 0.25) is 5.91 Å². The molecule has 5 nitrogen and oxygen atoms in total. The van der Waals surface area contributed by atoms with Crippen LogP contribution in [-0.2, 0) is 4.79 Å². The van der Waals surface area contributed by atoms with Gasteiger partial charge >= 0.3 is 0 Å². The lowest BCUT2D eigenvalue weighted by atomic mass is 9.83. The van der Waals surface area contributed by atoms with Crippen LogP contribution in [0.2, 0.25) is 0 Å². The Morgan fingerprint density at radius 1 is 1.43 bits per heavy atom.